The van der Waals surface area contributed by atoms with E-state index >= 15 is 0 Å². The Morgan fingerprint density at radius 3 is 2.50 bits per heavy atom. The monoisotopic (exact) mass is 425 g/mol. The van der Waals surface area contributed by atoms with E-state index in [0.29, 0.717) is 25.4 Å². The van der Waals surface area contributed by atoms with Crippen molar-refractivity contribution in [3.63, 3.8) is 0 Å². The molecule has 2 amide bonds. The SMILES string of the molecule is CCc1ccccc1NC(=O)CN1CCN(C(=O)CSc2cc(C)ccc2C)CC1. The van der Waals surface area contributed by atoms with Crippen molar-refractivity contribution in [1.82, 2.24) is 9.80 Å². The zero-order valence-electron chi connectivity index (χ0n) is 18.1. The maximum absolute atomic E-state index is 12.6. The van der Waals surface area contributed by atoms with Gasteiger partial charge in [-0.1, -0.05) is 42.8 Å². The van der Waals surface area contributed by atoms with E-state index < -0.39 is 0 Å². The van der Waals surface area contributed by atoms with Gasteiger partial charge in [0, 0.05) is 36.8 Å². The van der Waals surface area contributed by atoms with Gasteiger partial charge in [0.15, 0.2) is 0 Å². The van der Waals surface area contributed by atoms with Crippen LogP contribution in [0.3, 0.4) is 0 Å². The summed E-state index contributed by atoms with van der Waals surface area (Å²) < 4.78 is 0. The van der Waals surface area contributed by atoms with Crippen LogP contribution in [0.5, 0.6) is 0 Å². The molecule has 1 aliphatic rings. The van der Waals surface area contributed by atoms with Crippen LogP contribution < -0.4 is 5.32 Å². The minimum atomic E-state index is 0.00107. The lowest BCUT2D eigenvalue weighted by Crippen LogP contribution is -2.50. The number of amides is 2. The molecule has 1 fully saturated rings. The third-order valence-electron chi connectivity index (χ3n) is 5.46. The van der Waals surface area contributed by atoms with Crippen LogP contribution in [0.4, 0.5) is 5.69 Å². The number of aryl methyl sites for hydroxylation is 3. The molecular weight excluding hydrogens is 394 g/mol. The third-order valence-corrected chi connectivity index (χ3v) is 6.60. The second-order valence-corrected chi connectivity index (χ2v) is 8.79. The van der Waals surface area contributed by atoms with Crippen molar-refractivity contribution in [2.75, 3.05) is 43.8 Å². The van der Waals surface area contributed by atoms with Crippen molar-refractivity contribution in [1.29, 1.82) is 0 Å². The molecule has 6 heteroatoms. The number of benzene rings is 2. The molecule has 0 saturated carbocycles. The lowest BCUT2D eigenvalue weighted by Gasteiger charge is -2.34. The lowest BCUT2D eigenvalue weighted by molar-refractivity contribution is -0.130. The number of nitrogens with one attached hydrogen (secondary N) is 1. The number of carbonyl (C=O) groups excluding carboxylic acids is 2. The van der Waals surface area contributed by atoms with Crippen molar-refractivity contribution in [3.05, 3.63) is 59.2 Å². The van der Waals surface area contributed by atoms with E-state index in [4.69, 9.17) is 0 Å². The topological polar surface area (TPSA) is 52.7 Å². The molecule has 0 atom stereocenters. The van der Waals surface area contributed by atoms with Crippen LogP contribution in [0.2, 0.25) is 0 Å². The van der Waals surface area contributed by atoms with E-state index in [1.165, 1.54) is 16.0 Å². The van der Waals surface area contributed by atoms with Gasteiger partial charge in [0.1, 0.15) is 0 Å². The molecule has 5 nitrogen and oxygen atoms in total. The van der Waals surface area contributed by atoms with Gasteiger partial charge in [0.25, 0.3) is 0 Å². The average molecular weight is 426 g/mol. The van der Waals surface area contributed by atoms with Crippen LogP contribution >= 0.6 is 11.8 Å². The third kappa shape index (κ3) is 6.09. The van der Waals surface area contributed by atoms with Crippen LogP contribution in [0.25, 0.3) is 0 Å². The molecule has 0 aliphatic carbocycles. The Balaban J connectivity index is 1.43. The molecule has 1 heterocycles. The first kappa shape index (κ1) is 22.4. The van der Waals surface area contributed by atoms with E-state index in [1.54, 1.807) is 11.8 Å². The van der Waals surface area contributed by atoms with Crippen LogP contribution in [-0.4, -0.2) is 60.1 Å². The number of hydrogen-bond donors (Lipinski definition) is 1. The highest BCUT2D eigenvalue weighted by Crippen LogP contribution is 2.24. The zero-order valence-corrected chi connectivity index (χ0v) is 18.9. The van der Waals surface area contributed by atoms with Gasteiger partial charge in [-0.3, -0.25) is 14.5 Å². The standard InChI is InChI=1S/C24H31N3O2S/c1-4-20-7-5-6-8-21(20)25-23(28)16-26-11-13-27(14-12-26)24(29)17-30-22-15-18(2)9-10-19(22)3/h5-10,15H,4,11-14,16-17H2,1-3H3,(H,25,28). The van der Waals surface area contributed by atoms with Crippen LogP contribution in [-0.2, 0) is 16.0 Å². The Labute approximate surface area is 183 Å². The largest absolute Gasteiger partial charge is 0.339 e. The number of thioether (sulfide) groups is 1. The van der Waals surface area contributed by atoms with Gasteiger partial charge in [-0.2, -0.15) is 0 Å². The molecule has 0 radical (unpaired) electrons. The van der Waals surface area contributed by atoms with E-state index in [0.717, 1.165) is 30.8 Å². The van der Waals surface area contributed by atoms with Crippen molar-refractivity contribution in [2.24, 2.45) is 0 Å². The number of carbonyl (C=O) groups is 2. The smallest absolute Gasteiger partial charge is 0.238 e. The first-order valence-corrected chi connectivity index (χ1v) is 11.5. The summed E-state index contributed by atoms with van der Waals surface area (Å²) in [5.74, 6) is 0.626. The molecule has 0 unspecified atom stereocenters. The Morgan fingerprint density at radius 2 is 1.77 bits per heavy atom. The molecule has 1 aliphatic heterocycles. The minimum absolute atomic E-state index is 0.00107. The number of hydrogen-bond acceptors (Lipinski definition) is 4. The predicted octanol–water partition coefficient (Wildman–Crippen LogP) is 3.74. The summed E-state index contributed by atoms with van der Waals surface area (Å²) in [7, 11) is 0. The molecule has 0 bridgehead atoms. The Kier molecular flexibility index (Phi) is 7.94. The fraction of sp³-hybridized carbons (Fsp3) is 0.417. The van der Waals surface area contributed by atoms with E-state index in [9.17, 15) is 9.59 Å². The summed E-state index contributed by atoms with van der Waals surface area (Å²) in [4.78, 5) is 30.3. The second kappa shape index (κ2) is 10.6. The fourth-order valence-corrected chi connectivity index (χ4v) is 4.62. The fourth-order valence-electron chi connectivity index (χ4n) is 3.59. The lowest BCUT2D eigenvalue weighted by atomic mass is 10.1. The highest BCUT2D eigenvalue weighted by Gasteiger charge is 2.22. The second-order valence-electron chi connectivity index (χ2n) is 7.77. The molecule has 160 valence electrons. The van der Waals surface area contributed by atoms with Gasteiger partial charge in [0.2, 0.25) is 11.8 Å². The Morgan fingerprint density at radius 1 is 1.03 bits per heavy atom. The van der Waals surface area contributed by atoms with E-state index in [1.807, 2.05) is 29.2 Å². The molecule has 3 rings (SSSR count). The van der Waals surface area contributed by atoms with Crippen LogP contribution in [0.15, 0.2) is 47.4 Å². The molecule has 0 aromatic heterocycles. The summed E-state index contributed by atoms with van der Waals surface area (Å²) in [6, 6.07) is 14.2. The minimum Gasteiger partial charge on any atom is -0.339 e. The van der Waals surface area contributed by atoms with Crippen molar-refractivity contribution >= 4 is 29.3 Å². The van der Waals surface area contributed by atoms with Crippen molar-refractivity contribution in [3.8, 4) is 0 Å². The van der Waals surface area contributed by atoms with Crippen molar-refractivity contribution in [2.45, 2.75) is 32.1 Å². The van der Waals surface area contributed by atoms with Gasteiger partial charge in [-0.05, 0) is 43.5 Å². The molecule has 2 aromatic rings. The number of anilines is 1. The molecule has 2 aromatic carbocycles. The average Bonchev–Trinajstić information content (AvgIpc) is 2.75. The molecule has 0 spiro atoms. The maximum atomic E-state index is 12.6. The molecular formula is C24H31N3O2S. The Hall–Kier alpha value is -2.31. The van der Waals surface area contributed by atoms with Gasteiger partial charge >= 0.3 is 0 Å². The summed E-state index contributed by atoms with van der Waals surface area (Å²) in [6.07, 6.45) is 0.886. The molecule has 30 heavy (non-hydrogen) atoms. The van der Waals surface area contributed by atoms with Crippen LogP contribution in [0.1, 0.15) is 23.6 Å². The van der Waals surface area contributed by atoms with Gasteiger partial charge in [-0.25, -0.2) is 0 Å². The van der Waals surface area contributed by atoms with Gasteiger partial charge in [0.05, 0.1) is 12.3 Å². The maximum Gasteiger partial charge on any atom is 0.238 e. The quantitative estimate of drug-likeness (QED) is 0.687. The number of rotatable bonds is 7. The zero-order chi connectivity index (χ0) is 21.5. The van der Waals surface area contributed by atoms with Crippen LogP contribution in [0, 0.1) is 13.8 Å². The van der Waals surface area contributed by atoms with Gasteiger partial charge < -0.3 is 10.2 Å². The summed E-state index contributed by atoms with van der Waals surface area (Å²) in [6.45, 7) is 9.38. The molecule has 1 saturated heterocycles. The first-order valence-electron chi connectivity index (χ1n) is 10.5. The normalized spacial score (nSPS) is 14.6. The Bertz CT molecular complexity index is 892. The summed E-state index contributed by atoms with van der Waals surface area (Å²) in [5, 5.41) is 3.03. The van der Waals surface area contributed by atoms with E-state index in [2.05, 4.69) is 49.2 Å². The number of para-hydroxylation sites is 1. The first-order chi connectivity index (χ1) is 14.5. The van der Waals surface area contributed by atoms with Gasteiger partial charge in [-0.15, -0.1) is 11.8 Å². The number of nitrogens with zero attached hydrogens (tertiary/aromatic N) is 2. The van der Waals surface area contributed by atoms with Crippen molar-refractivity contribution < 1.29 is 9.59 Å². The summed E-state index contributed by atoms with van der Waals surface area (Å²) >= 11 is 1.61. The summed E-state index contributed by atoms with van der Waals surface area (Å²) in [5.41, 5.74) is 4.45. The number of piperazine rings is 1. The highest BCUT2D eigenvalue weighted by atomic mass is 32.2. The molecule has 1 N–H and O–H groups in total. The highest BCUT2D eigenvalue weighted by molar-refractivity contribution is 8.00. The van der Waals surface area contributed by atoms with E-state index in [-0.39, 0.29) is 11.8 Å². The predicted molar refractivity (Wildman–Crippen MR) is 124 cm³/mol.